The number of aliphatic hydroxyl groups is 2. The molecule has 0 spiro atoms. The summed E-state index contributed by atoms with van der Waals surface area (Å²) in [6.07, 6.45) is 0.114. The highest BCUT2D eigenvalue weighted by Crippen LogP contribution is 2.17. The topological polar surface area (TPSA) is 74.6 Å². The minimum atomic E-state index is -0.747. The van der Waals surface area contributed by atoms with E-state index in [0.717, 1.165) is 23.6 Å². The van der Waals surface area contributed by atoms with Gasteiger partial charge in [-0.25, -0.2) is 4.98 Å². The van der Waals surface area contributed by atoms with Gasteiger partial charge in [0.1, 0.15) is 5.75 Å². The molecule has 1 atom stereocenters. The molecule has 3 N–H and O–H groups in total. The molecule has 0 aliphatic rings. The average molecular weight is 308 g/mol. The van der Waals surface area contributed by atoms with Crippen molar-refractivity contribution in [3.05, 3.63) is 40.3 Å². The molecule has 2 rings (SSSR count). The molecule has 5 nitrogen and oxygen atoms in total. The number of thiazole rings is 1. The van der Waals surface area contributed by atoms with E-state index in [-0.39, 0.29) is 6.61 Å². The number of aliphatic hydroxyl groups excluding tert-OH is 2. The van der Waals surface area contributed by atoms with Crippen LogP contribution in [0.4, 0.5) is 5.69 Å². The Morgan fingerprint density at radius 3 is 2.71 bits per heavy atom. The van der Waals surface area contributed by atoms with Crippen molar-refractivity contribution in [2.45, 2.75) is 19.4 Å². The Morgan fingerprint density at radius 1 is 1.33 bits per heavy atom. The number of hydrogen-bond donors (Lipinski definition) is 3. The summed E-state index contributed by atoms with van der Waals surface area (Å²) < 4.78 is 5.70. The van der Waals surface area contributed by atoms with E-state index < -0.39 is 6.10 Å². The van der Waals surface area contributed by atoms with E-state index in [1.807, 2.05) is 36.7 Å². The number of aryl methyl sites for hydroxylation is 1. The largest absolute Gasteiger partial charge is 0.493 e. The third kappa shape index (κ3) is 5.00. The molecule has 0 saturated heterocycles. The number of nitrogens with zero attached hydrogens (tertiary/aromatic N) is 1. The summed E-state index contributed by atoms with van der Waals surface area (Å²) in [5.74, 6) is 0.811. The Hall–Kier alpha value is -1.63. The Balaban J connectivity index is 1.76. The number of anilines is 1. The lowest BCUT2D eigenvalue weighted by molar-refractivity contribution is 0.105. The van der Waals surface area contributed by atoms with Crippen LogP contribution < -0.4 is 10.1 Å². The van der Waals surface area contributed by atoms with Crippen LogP contribution in [0.2, 0.25) is 0 Å². The third-order valence-electron chi connectivity index (χ3n) is 3.05. The van der Waals surface area contributed by atoms with Crippen molar-refractivity contribution >= 4 is 17.0 Å². The first-order chi connectivity index (χ1) is 10.2. The van der Waals surface area contributed by atoms with Crippen LogP contribution in [0.25, 0.3) is 0 Å². The summed E-state index contributed by atoms with van der Waals surface area (Å²) in [7, 11) is 0. The molecular weight excluding hydrogens is 288 g/mol. The van der Waals surface area contributed by atoms with Gasteiger partial charge in [-0.05, 0) is 31.2 Å². The zero-order valence-electron chi connectivity index (χ0n) is 12.0. The van der Waals surface area contributed by atoms with E-state index in [2.05, 4.69) is 10.3 Å². The van der Waals surface area contributed by atoms with Crippen LogP contribution in [0.3, 0.4) is 0 Å². The normalized spacial score (nSPS) is 12.1. The number of hydrogen-bond acceptors (Lipinski definition) is 6. The van der Waals surface area contributed by atoms with Gasteiger partial charge >= 0.3 is 0 Å². The fourth-order valence-electron chi connectivity index (χ4n) is 1.80. The molecular formula is C15H20N2O3S. The molecule has 0 radical (unpaired) electrons. The minimum Gasteiger partial charge on any atom is -0.493 e. The molecule has 0 aliphatic carbocycles. The lowest BCUT2D eigenvalue weighted by Gasteiger charge is -2.11. The molecule has 6 heteroatoms. The van der Waals surface area contributed by atoms with Gasteiger partial charge in [0.15, 0.2) is 0 Å². The molecule has 0 amide bonds. The SMILES string of the molecule is Cc1ncsc1CCOc1ccc(NCC(O)CO)cc1. The number of nitrogens with one attached hydrogen (secondary N) is 1. The summed E-state index contributed by atoms with van der Waals surface area (Å²) >= 11 is 1.65. The second-order valence-corrected chi connectivity index (χ2v) is 5.64. The van der Waals surface area contributed by atoms with Gasteiger partial charge < -0.3 is 20.3 Å². The molecule has 2 aromatic rings. The van der Waals surface area contributed by atoms with Crippen LogP contribution in [-0.2, 0) is 6.42 Å². The summed E-state index contributed by atoms with van der Waals surface area (Å²) in [4.78, 5) is 5.47. The van der Waals surface area contributed by atoms with Crippen molar-refractivity contribution in [2.24, 2.45) is 0 Å². The predicted molar refractivity (Wildman–Crippen MR) is 84.1 cm³/mol. The first-order valence-corrected chi connectivity index (χ1v) is 7.71. The molecule has 0 fully saturated rings. The van der Waals surface area contributed by atoms with Crippen molar-refractivity contribution in [1.82, 2.24) is 4.98 Å². The van der Waals surface area contributed by atoms with Gasteiger partial charge in [0.25, 0.3) is 0 Å². The maximum absolute atomic E-state index is 9.26. The standard InChI is InChI=1S/C15H20N2O3S/c1-11-15(21-10-17-11)6-7-20-14-4-2-12(3-5-14)16-8-13(19)9-18/h2-5,10,13,16,18-19H,6-9H2,1H3. The van der Waals surface area contributed by atoms with Crippen LogP contribution in [0.1, 0.15) is 10.6 Å². The smallest absolute Gasteiger partial charge is 0.119 e. The van der Waals surface area contributed by atoms with E-state index in [1.54, 1.807) is 11.3 Å². The zero-order valence-corrected chi connectivity index (χ0v) is 12.8. The fourth-order valence-corrected chi connectivity index (χ4v) is 2.56. The lowest BCUT2D eigenvalue weighted by atomic mass is 10.3. The number of benzene rings is 1. The van der Waals surface area contributed by atoms with Crippen LogP contribution in [0, 0.1) is 6.92 Å². The van der Waals surface area contributed by atoms with Crippen molar-refractivity contribution in [3.63, 3.8) is 0 Å². The van der Waals surface area contributed by atoms with Crippen LogP contribution in [0.5, 0.6) is 5.75 Å². The number of aromatic nitrogens is 1. The number of rotatable bonds is 8. The molecule has 0 aliphatic heterocycles. The van der Waals surface area contributed by atoms with Gasteiger partial charge in [0.2, 0.25) is 0 Å². The molecule has 1 aromatic heterocycles. The van der Waals surface area contributed by atoms with Gasteiger partial charge in [-0.1, -0.05) is 0 Å². The molecule has 21 heavy (non-hydrogen) atoms. The van der Waals surface area contributed by atoms with E-state index in [1.165, 1.54) is 4.88 Å². The molecule has 1 heterocycles. The van der Waals surface area contributed by atoms with Crippen LogP contribution in [-0.4, -0.2) is 41.1 Å². The van der Waals surface area contributed by atoms with E-state index >= 15 is 0 Å². The molecule has 1 aromatic carbocycles. The van der Waals surface area contributed by atoms with E-state index in [4.69, 9.17) is 9.84 Å². The predicted octanol–water partition coefficient (Wildman–Crippen LogP) is 1.84. The first kappa shape index (κ1) is 15.8. The van der Waals surface area contributed by atoms with Crippen LogP contribution >= 0.6 is 11.3 Å². The molecule has 0 saturated carbocycles. The highest BCUT2D eigenvalue weighted by Gasteiger charge is 2.03. The first-order valence-electron chi connectivity index (χ1n) is 6.83. The van der Waals surface area contributed by atoms with Crippen molar-refractivity contribution in [1.29, 1.82) is 0 Å². The van der Waals surface area contributed by atoms with E-state index in [0.29, 0.717) is 13.2 Å². The maximum atomic E-state index is 9.26. The third-order valence-corrected chi connectivity index (χ3v) is 4.04. The number of ether oxygens (including phenoxy) is 1. The summed E-state index contributed by atoms with van der Waals surface area (Å²) in [5, 5.41) is 21.0. The lowest BCUT2D eigenvalue weighted by Crippen LogP contribution is -2.22. The monoisotopic (exact) mass is 308 g/mol. The van der Waals surface area contributed by atoms with Crippen molar-refractivity contribution in [3.8, 4) is 5.75 Å². The van der Waals surface area contributed by atoms with Crippen molar-refractivity contribution < 1.29 is 14.9 Å². The molecule has 1 unspecified atom stereocenters. The Kier molecular flexibility index (Phi) is 5.98. The Morgan fingerprint density at radius 2 is 2.10 bits per heavy atom. The summed E-state index contributed by atoms with van der Waals surface area (Å²) in [6, 6.07) is 7.54. The summed E-state index contributed by atoms with van der Waals surface area (Å²) in [6.45, 7) is 2.71. The maximum Gasteiger partial charge on any atom is 0.119 e. The second kappa shape index (κ2) is 7.97. The Bertz CT molecular complexity index is 542. The highest BCUT2D eigenvalue weighted by molar-refractivity contribution is 7.09. The summed E-state index contributed by atoms with van der Waals surface area (Å²) in [5.41, 5.74) is 3.81. The van der Waals surface area contributed by atoms with Gasteiger partial charge in [0.05, 0.1) is 30.5 Å². The average Bonchev–Trinajstić information content (AvgIpc) is 2.91. The molecule has 0 bridgehead atoms. The second-order valence-electron chi connectivity index (χ2n) is 4.70. The Labute approximate surface area is 128 Å². The van der Waals surface area contributed by atoms with Gasteiger partial charge in [-0.2, -0.15) is 0 Å². The van der Waals surface area contributed by atoms with Gasteiger partial charge in [-0.15, -0.1) is 11.3 Å². The van der Waals surface area contributed by atoms with E-state index in [9.17, 15) is 5.11 Å². The van der Waals surface area contributed by atoms with Gasteiger partial charge in [-0.3, -0.25) is 0 Å². The van der Waals surface area contributed by atoms with Gasteiger partial charge in [0, 0.05) is 23.5 Å². The van der Waals surface area contributed by atoms with Crippen LogP contribution in [0.15, 0.2) is 29.8 Å². The molecule has 114 valence electrons. The van der Waals surface area contributed by atoms with Crippen molar-refractivity contribution in [2.75, 3.05) is 25.1 Å². The highest BCUT2D eigenvalue weighted by atomic mass is 32.1. The quantitative estimate of drug-likeness (QED) is 0.694. The minimum absolute atomic E-state index is 0.245. The zero-order chi connectivity index (χ0) is 15.1. The fraction of sp³-hybridized carbons (Fsp3) is 0.400.